The predicted molar refractivity (Wildman–Crippen MR) is 124 cm³/mol. The van der Waals surface area contributed by atoms with E-state index in [9.17, 15) is 4.79 Å². The zero-order chi connectivity index (χ0) is 22.7. The smallest absolute Gasteiger partial charge is 0.222 e. The molecule has 0 bridgehead atoms. The van der Waals surface area contributed by atoms with Crippen molar-refractivity contribution in [3.8, 4) is 11.5 Å². The highest BCUT2D eigenvalue weighted by molar-refractivity contribution is 5.76. The number of pyridine rings is 1. The van der Waals surface area contributed by atoms with Crippen molar-refractivity contribution < 1.29 is 14.3 Å². The average Bonchev–Trinajstić information content (AvgIpc) is 3.11. The monoisotopic (exact) mass is 436 g/mol. The maximum absolute atomic E-state index is 12.8. The molecule has 1 aliphatic rings. The van der Waals surface area contributed by atoms with Gasteiger partial charge in [0.25, 0.3) is 0 Å². The third-order valence-electron chi connectivity index (χ3n) is 6.27. The lowest BCUT2D eigenvalue weighted by Crippen LogP contribution is -2.48. The molecule has 0 saturated carbocycles. The summed E-state index contributed by atoms with van der Waals surface area (Å²) in [5.41, 5.74) is 5.51. The van der Waals surface area contributed by atoms with Crippen molar-refractivity contribution in [3.05, 3.63) is 59.0 Å². The minimum Gasteiger partial charge on any atom is -0.497 e. The van der Waals surface area contributed by atoms with Crippen molar-refractivity contribution in [1.29, 1.82) is 0 Å². The van der Waals surface area contributed by atoms with Gasteiger partial charge in [0.15, 0.2) is 0 Å². The Morgan fingerprint density at radius 1 is 1.03 bits per heavy atom. The summed E-state index contributed by atoms with van der Waals surface area (Å²) in [6, 6.07) is 9.94. The van der Waals surface area contributed by atoms with Gasteiger partial charge in [-0.3, -0.25) is 9.69 Å². The van der Waals surface area contributed by atoms with Crippen LogP contribution in [-0.4, -0.2) is 65.5 Å². The molecule has 1 saturated heterocycles. The van der Waals surface area contributed by atoms with Gasteiger partial charge in [0, 0.05) is 45.3 Å². The largest absolute Gasteiger partial charge is 0.497 e. The number of carbonyl (C=O) groups is 1. The van der Waals surface area contributed by atoms with Crippen LogP contribution in [0.1, 0.15) is 28.9 Å². The van der Waals surface area contributed by atoms with Crippen LogP contribution in [0.2, 0.25) is 0 Å². The minimum atomic E-state index is 0.191. The molecule has 4 rings (SSSR count). The number of imidazole rings is 1. The van der Waals surface area contributed by atoms with Crippen LogP contribution in [0.4, 0.5) is 0 Å². The Balaban J connectivity index is 1.32. The molecule has 1 aliphatic heterocycles. The van der Waals surface area contributed by atoms with E-state index in [1.165, 1.54) is 11.3 Å². The Labute approximate surface area is 189 Å². The van der Waals surface area contributed by atoms with E-state index >= 15 is 0 Å². The molecule has 0 radical (unpaired) electrons. The van der Waals surface area contributed by atoms with Crippen LogP contribution in [0.25, 0.3) is 5.65 Å². The van der Waals surface area contributed by atoms with Crippen LogP contribution < -0.4 is 9.47 Å². The van der Waals surface area contributed by atoms with Crippen LogP contribution in [0.5, 0.6) is 11.5 Å². The fraction of sp³-hybridized carbons (Fsp3) is 0.440. The molecule has 1 amide bonds. The van der Waals surface area contributed by atoms with E-state index in [-0.39, 0.29) is 5.91 Å². The molecule has 0 unspecified atom stereocenters. The summed E-state index contributed by atoms with van der Waals surface area (Å²) in [4.78, 5) is 21.9. The van der Waals surface area contributed by atoms with E-state index in [0.717, 1.165) is 61.1 Å². The van der Waals surface area contributed by atoms with Crippen LogP contribution >= 0.6 is 0 Å². The molecule has 1 aromatic carbocycles. The Hall–Kier alpha value is -3.06. The Bertz CT molecular complexity index is 1100. The topological polar surface area (TPSA) is 59.3 Å². The van der Waals surface area contributed by atoms with Gasteiger partial charge >= 0.3 is 0 Å². The molecule has 1 fully saturated rings. The number of piperazine rings is 1. The quantitative estimate of drug-likeness (QED) is 0.569. The second-order valence-corrected chi connectivity index (χ2v) is 8.41. The number of rotatable bonds is 7. The first-order chi connectivity index (χ1) is 15.5. The predicted octanol–water partition coefficient (Wildman–Crippen LogP) is 3.25. The van der Waals surface area contributed by atoms with Gasteiger partial charge < -0.3 is 18.8 Å². The molecule has 0 atom stereocenters. The molecule has 7 heteroatoms. The zero-order valence-corrected chi connectivity index (χ0v) is 19.4. The Kier molecular flexibility index (Phi) is 6.65. The second kappa shape index (κ2) is 9.61. The molecule has 3 aromatic rings. The number of fused-ring (bicyclic) bond motifs is 1. The molecule has 7 nitrogen and oxygen atoms in total. The summed E-state index contributed by atoms with van der Waals surface area (Å²) in [6.07, 6.45) is 3.21. The first-order valence-electron chi connectivity index (χ1n) is 11.1. The third-order valence-corrected chi connectivity index (χ3v) is 6.27. The third kappa shape index (κ3) is 4.72. The molecule has 0 N–H and O–H groups in total. The Morgan fingerprint density at radius 2 is 1.81 bits per heavy atom. The van der Waals surface area contributed by atoms with Gasteiger partial charge in [-0.1, -0.05) is 0 Å². The summed E-state index contributed by atoms with van der Waals surface area (Å²) in [5.74, 6) is 1.76. The molecule has 32 heavy (non-hydrogen) atoms. The lowest BCUT2D eigenvalue weighted by Gasteiger charge is -2.34. The lowest BCUT2D eigenvalue weighted by molar-refractivity contribution is -0.133. The maximum atomic E-state index is 12.8. The second-order valence-electron chi connectivity index (χ2n) is 8.41. The first kappa shape index (κ1) is 22.1. The summed E-state index contributed by atoms with van der Waals surface area (Å²) >= 11 is 0. The number of hydrogen-bond donors (Lipinski definition) is 0. The van der Waals surface area contributed by atoms with Gasteiger partial charge in [-0.25, -0.2) is 4.98 Å². The van der Waals surface area contributed by atoms with Gasteiger partial charge in [0.1, 0.15) is 17.1 Å². The minimum absolute atomic E-state index is 0.191. The van der Waals surface area contributed by atoms with E-state index < -0.39 is 0 Å². The van der Waals surface area contributed by atoms with Crippen molar-refractivity contribution in [2.75, 3.05) is 40.4 Å². The number of aryl methyl sites for hydroxylation is 3. The fourth-order valence-electron chi connectivity index (χ4n) is 4.35. The van der Waals surface area contributed by atoms with E-state index in [2.05, 4.69) is 41.5 Å². The number of ether oxygens (including phenoxy) is 2. The summed E-state index contributed by atoms with van der Waals surface area (Å²) in [7, 11) is 3.30. The molecule has 3 heterocycles. The molecule has 2 aromatic heterocycles. The van der Waals surface area contributed by atoms with Gasteiger partial charge in [0.2, 0.25) is 5.91 Å². The number of aromatic nitrogens is 2. The van der Waals surface area contributed by atoms with Crippen molar-refractivity contribution in [2.45, 2.75) is 33.2 Å². The van der Waals surface area contributed by atoms with Gasteiger partial charge in [-0.05, 0) is 61.7 Å². The number of amides is 1. The lowest BCUT2D eigenvalue weighted by atomic mass is 10.1. The summed E-state index contributed by atoms with van der Waals surface area (Å²) in [6.45, 7) is 8.25. The highest BCUT2D eigenvalue weighted by atomic mass is 16.5. The summed E-state index contributed by atoms with van der Waals surface area (Å²) in [5, 5.41) is 0. The normalized spacial score (nSPS) is 14.7. The van der Waals surface area contributed by atoms with E-state index in [4.69, 9.17) is 14.5 Å². The molecule has 0 spiro atoms. The number of benzene rings is 1. The highest BCUT2D eigenvalue weighted by Gasteiger charge is 2.23. The number of carbonyl (C=O) groups excluding carboxylic acids is 1. The van der Waals surface area contributed by atoms with Crippen molar-refractivity contribution >= 4 is 11.6 Å². The van der Waals surface area contributed by atoms with Crippen molar-refractivity contribution in [1.82, 2.24) is 19.2 Å². The van der Waals surface area contributed by atoms with Gasteiger partial charge in [-0.15, -0.1) is 0 Å². The van der Waals surface area contributed by atoms with E-state index in [1.807, 2.05) is 23.1 Å². The van der Waals surface area contributed by atoms with Gasteiger partial charge in [0.05, 0.1) is 25.6 Å². The number of hydrogen-bond acceptors (Lipinski definition) is 5. The Morgan fingerprint density at radius 3 is 2.53 bits per heavy atom. The number of nitrogens with zero attached hydrogens (tertiary/aromatic N) is 4. The number of methoxy groups -OCH3 is 2. The van der Waals surface area contributed by atoms with Gasteiger partial charge in [-0.2, -0.15) is 0 Å². The highest BCUT2D eigenvalue weighted by Crippen LogP contribution is 2.25. The van der Waals surface area contributed by atoms with Crippen LogP contribution in [0.3, 0.4) is 0 Å². The molecular weight excluding hydrogens is 404 g/mol. The van der Waals surface area contributed by atoms with Crippen molar-refractivity contribution in [2.24, 2.45) is 0 Å². The van der Waals surface area contributed by atoms with Crippen LogP contribution in [0, 0.1) is 13.8 Å². The maximum Gasteiger partial charge on any atom is 0.222 e. The summed E-state index contributed by atoms with van der Waals surface area (Å²) < 4.78 is 12.9. The van der Waals surface area contributed by atoms with Crippen LogP contribution in [-0.2, 0) is 17.8 Å². The zero-order valence-electron chi connectivity index (χ0n) is 19.4. The molecular formula is C25H32N4O3. The SMILES string of the molecule is COc1ccc(OC)c(CCC(=O)N2CCN(Cc3c(C)nc4cc(C)ccn34)CC2)c1. The average molecular weight is 437 g/mol. The molecule has 170 valence electrons. The molecule has 0 aliphatic carbocycles. The van der Waals surface area contributed by atoms with E-state index in [1.54, 1.807) is 14.2 Å². The standard InChI is InChI=1S/C25H32N4O3/c1-18-9-10-29-22(19(2)26-24(29)15-18)17-27-11-13-28(14-12-27)25(30)8-5-20-16-21(31-3)6-7-23(20)32-4/h6-7,9-10,15-16H,5,8,11-14,17H2,1-4H3. The van der Waals surface area contributed by atoms with Crippen molar-refractivity contribution in [3.63, 3.8) is 0 Å². The fourth-order valence-corrected chi connectivity index (χ4v) is 4.35. The first-order valence-corrected chi connectivity index (χ1v) is 11.1. The van der Waals surface area contributed by atoms with E-state index in [0.29, 0.717) is 12.8 Å². The van der Waals surface area contributed by atoms with Crippen LogP contribution in [0.15, 0.2) is 36.5 Å².